The van der Waals surface area contributed by atoms with Crippen molar-refractivity contribution in [1.82, 2.24) is 9.88 Å². The summed E-state index contributed by atoms with van der Waals surface area (Å²) >= 11 is 1.84. The zero-order valence-electron chi connectivity index (χ0n) is 12.6. The molecule has 0 saturated carbocycles. The Morgan fingerprint density at radius 3 is 2.58 bits per heavy atom. The van der Waals surface area contributed by atoms with E-state index in [1.54, 1.807) is 0 Å². The number of rotatable bonds is 4. The summed E-state index contributed by atoms with van der Waals surface area (Å²) in [4.78, 5) is 7.24. The Kier molecular flexibility index (Phi) is 5.28. The molecule has 3 heteroatoms. The molecule has 1 aliphatic rings. The molecule has 19 heavy (non-hydrogen) atoms. The van der Waals surface area contributed by atoms with Crippen LogP contribution in [-0.4, -0.2) is 27.7 Å². The summed E-state index contributed by atoms with van der Waals surface area (Å²) in [5, 5.41) is 1.74. The van der Waals surface area contributed by atoms with Crippen LogP contribution < -0.4 is 0 Å². The van der Waals surface area contributed by atoms with Crippen LogP contribution in [0.2, 0.25) is 0 Å². The minimum Gasteiger partial charge on any atom is -0.294 e. The van der Waals surface area contributed by atoms with Crippen molar-refractivity contribution in [3.05, 3.63) is 23.9 Å². The van der Waals surface area contributed by atoms with Gasteiger partial charge < -0.3 is 0 Å². The Balaban J connectivity index is 2.11. The summed E-state index contributed by atoms with van der Waals surface area (Å²) < 4.78 is 0. The molecule has 1 aromatic heterocycles. The lowest BCUT2D eigenvalue weighted by atomic mass is 9.95. The zero-order valence-corrected chi connectivity index (χ0v) is 13.4. The molecule has 2 heterocycles. The van der Waals surface area contributed by atoms with Crippen LogP contribution in [0.25, 0.3) is 0 Å². The van der Waals surface area contributed by atoms with Gasteiger partial charge in [-0.15, -0.1) is 11.8 Å². The smallest absolute Gasteiger partial charge is 0.0962 e. The van der Waals surface area contributed by atoms with Crippen LogP contribution in [0.15, 0.2) is 23.4 Å². The van der Waals surface area contributed by atoms with Gasteiger partial charge in [-0.05, 0) is 44.9 Å². The van der Waals surface area contributed by atoms with Gasteiger partial charge in [0.25, 0.3) is 0 Å². The summed E-state index contributed by atoms with van der Waals surface area (Å²) in [7, 11) is 0. The first kappa shape index (κ1) is 14.9. The van der Waals surface area contributed by atoms with Crippen LogP contribution in [0.1, 0.15) is 58.6 Å². The summed E-state index contributed by atoms with van der Waals surface area (Å²) in [5.74, 6) is 0. The molecule has 0 N–H and O–H groups in total. The molecule has 1 aliphatic heterocycles. The monoisotopic (exact) mass is 278 g/mol. The summed E-state index contributed by atoms with van der Waals surface area (Å²) in [6.45, 7) is 10.2. The molecular formula is C16H26N2S. The van der Waals surface area contributed by atoms with Gasteiger partial charge >= 0.3 is 0 Å². The van der Waals surface area contributed by atoms with E-state index in [1.807, 2.05) is 11.8 Å². The molecule has 1 saturated heterocycles. The minimum atomic E-state index is 0.569. The van der Waals surface area contributed by atoms with Crippen molar-refractivity contribution >= 4 is 11.8 Å². The average Bonchev–Trinajstić information content (AvgIpc) is 2.39. The number of pyridine rings is 1. The molecule has 2 nitrogen and oxygen atoms in total. The van der Waals surface area contributed by atoms with Gasteiger partial charge in [0.2, 0.25) is 0 Å². The maximum atomic E-state index is 4.62. The van der Waals surface area contributed by atoms with Gasteiger partial charge in [-0.25, -0.2) is 4.98 Å². The van der Waals surface area contributed by atoms with Crippen molar-refractivity contribution in [2.75, 3.05) is 6.54 Å². The van der Waals surface area contributed by atoms with Gasteiger partial charge in [-0.2, -0.15) is 0 Å². The van der Waals surface area contributed by atoms with Gasteiger partial charge in [0, 0.05) is 23.5 Å². The lowest BCUT2D eigenvalue weighted by Crippen LogP contribution is -2.38. The summed E-state index contributed by atoms with van der Waals surface area (Å²) in [5.41, 5.74) is 1.39. The van der Waals surface area contributed by atoms with E-state index in [9.17, 15) is 0 Å². The molecular weight excluding hydrogens is 252 g/mol. The molecule has 1 aromatic rings. The second-order valence-electron chi connectivity index (χ2n) is 5.94. The van der Waals surface area contributed by atoms with E-state index in [0.717, 1.165) is 5.03 Å². The van der Waals surface area contributed by atoms with Crippen molar-refractivity contribution in [3.63, 3.8) is 0 Å². The van der Waals surface area contributed by atoms with Crippen molar-refractivity contribution < 1.29 is 0 Å². The van der Waals surface area contributed by atoms with Gasteiger partial charge in [0.1, 0.15) is 0 Å². The minimum absolute atomic E-state index is 0.569. The lowest BCUT2D eigenvalue weighted by Gasteiger charge is -2.38. The van der Waals surface area contributed by atoms with Crippen molar-refractivity contribution in [2.24, 2.45) is 0 Å². The highest BCUT2D eigenvalue weighted by atomic mass is 32.2. The van der Waals surface area contributed by atoms with Crippen LogP contribution in [0.4, 0.5) is 0 Å². The quantitative estimate of drug-likeness (QED) is 0.753. The van der Waals surface area contributed by atoms with E-state index in [1.165, 1.54) is 31.4 Å². The standard InChI is InChI=1S/C16H26N2S/c1-12(2)18-10-6-5-7-15(18)14-8-9-16(17-11-14)19-13(3)4/h8-9,11-13,15H,5-7,10H2,1-4H3. The molecule has 1 atom stereocenters. The van der Waals surface area contributed by atoms with E-state index in [-0.39, 0.29) is 0 Å². The first-order valence-corrected chi connectivity index (χ1v) is 8.34. The Bertz CT molecular complexity index is 386. The Hall–Kier alpha value is -0.540. The normalized spacial score (nSPS) is 21.3. The zero-order chi connectivity index (χ0) is 13.8. The van der Waals surface area contributed by atoms with Crippen LogP contribution in [0.3, 0.4) is 0 Å². The van der Waals surface area contributed by atoms with Crippen LogP contribution in [0, 0.1) is 0 Å². The number of piperidine rings is 1. The van der Waals surface area contributed by atoms with E-state index >= 15 is 0 Å². The number of thioether (sulfide) groups is 1. The van der Waals surface area contributed by atoms with E-state index < -0.39 is 0 Å². The second-order valence-corrected chi connectivity index (χ2v) is 7.54. The molecule has 0 aliphatic carbocycles. The molecule has 1 fully saturated rings. The molecule has 0 radical (unpaired) electrons. The summed E-state index contributed by atoms with van der Waals surface area (Å²) in [6.07, 6.45) is 6.05. The average molecular weight is 278 g/mol. The van der Waals surface area contributed by atoms with Crippen molar-refractivity contribution in [1.29, 1.82) is 0 Å². The second kappa shape index (κ2) is 6.76. The van der Waals surface area contributed by atoms with Crippen LogP contribution in [-0.2, 0) is 0 Å². The van der Waals surface area contributed by atoms with Crippen LogP contribution in [0.5, 0.6) is 0 Å². The predicted octanol–water partition coefficient (Wildman–Crippen LogP) is 4.52. The van der Waals surface area contributed by atoms with Crippen LogP contribution >= 0.6 is 11.8 Å². The fraction of sp³-hybridized carbons (Fsp3) is 0.688. The third kappa shape index (κ3) is 3.96. The van der Waals surface area contributed by atoms with Crippen molar-refractivity contribution in [3.8, 4) is 0 Å². The fourth-order valence-electron chi connectivity index (χ4n) is 2.83. The highest BCUT2D eigenvalue weighted by Gasteiger charge is 2.25. The first-order chi connectivity index (χ1) is 9.08. The molecule has 106 valence electrons. The third-order valence-electron chi connectivity index (χ3n) is 3.71. The van der Waals surface area contributed by atoms with Gasteiger partial charge in [-0.1, -0.05) is 26.3 Å². The number of aromatic nitrogens is 1. The van der Waals surface area contributed by atoms with Crippen molar-refractivity contribution in [2.45, 2.75) is 69.3 Å². The Labute approximate surface area is 122 Å². The molecule has 2 rings (SSSR count). The highest BCUT2D eigenvalue weighted by Crippen LogP contribution is 2.32. The fourth-order valence-corrected chi connectivity index (χ4v) is 3.57. The van der Waals surface area contributed by atoms with Gasteiger partial charge in [0.15, 0.2) is 0 Å². The first-order valence-electron chi connectivity index (χ1n) is 7.46. The molecule has 0 aromatic carbocycles. The number of nitrogens with zero attached hydrogens (tertiary/aromatic N) is 2. The Morgan fingerprint density at radius 1 is 1.21 bits per heavy atom. The molecule has 0 spiro atoms. The maximum Gasteiger partial charge on any atom is 0.0962 e. The Morgan fingerprint density at radius 2 is 2.00 bits per heavy atom. The largest absolute Gasteiger partial charge is 0.294 e. The molecule has 0 amide bonds. The summed E-state index contributed by atoms with van der Waals surface area (Å²) in [6, 6.07) is 5.66. The van der Waals surface area contributed by atoms with E-state index in [0.29, 0.717) is 17.3 Å². The van der Waals surface area contributed by atoms with E-state index in [4.69, 9.17) is 0 Å². The van der Waals surface area contributed by atoms with Gasteiger partial charge in [-0.3, -0.25) is 4.90 Å². The van der Waals surface area contributed by atoms with Gasteiger partial charge in [0.05, 0.1) is 5.03 Å². The van der Waals surface area contributed by atoms with E-state index in [2.05, 4.69) is 55.9 Å². The number of hydrogen-bond acceptors (Lipinski definition) is 3. The highest BCUT2D eigenvalue weighted by molar-refractivity contribution is 7.99. The third-order valence-corrected chi connectivity index (χ3v) is 4.66. The topological polar surface area (TPSA) is 16.1 Å². The predicted molar refractivity (Wildman–Crippen MR) is 83.7 cm³/mol. The SMILES string of the molecule is CC(C)Sc1ccc(C2CCCCN2C(C)C)cn1. The molecule has 0 bridgehead atoms. The maximum absolute atomic E-state index is 4.62. The molecule has 1 unspecified atom stereocenters. The number of hydrogen-bond donors (Lipinski definition) is 0. The number of likely N-dealkylation sites (tertiary alicyclic amines) is 1. The lowest BCUT2D eigenvalue weighted by molar-refractivity contribution is 0.112.